The summed E-state index contributed by atoms with van der Waals surface area (Å²) in [5.74, 6) is -1.46. The van der Waals surface area contributed by atoms with Gasteiger partial charge in [0, 0.05) is 35.8 Å². The highest BCUT2D eigenvalue weighted by atomic mass is 16.5. The number of hydrogen-bond acceptors (Lipinski definition) is 7. The maximum atomic E-state index is 13.0. The van der Waals surface area contributed by atoms with Crippen LogP contribution in [0.15, 0.2) is 145 Å². The van der Waals surface area contributed by atoms with E-state index in [4.69, 9.17) is 13.9 Å². The smallest absolute Gasteiger partial charge is 0.347 e. The van der Waals surface area contributed by atoms with Gasteiger partial charge in [0.1, 0.15) is 17.1 Å². The zero-order valence-electron chi connectivity index (χ0n) is 37.0. The van der Waals surface area contributed by atoms with Gasteiger partial charge in [-0.2, -0.15) is 0 Å². The molecule has 1 aromatic heterocycles. The van der Waals surface area contributed by atoms with Crippen molar-refractivity contribution in [3.63, 3.8) is 0 Å². The minimum atomic E-state index is -0.819. The Morgan fingerprint density at radius 1 is 0.712 bits per heavy atom. The molecule has 0 aromatic carbocycles. The molecule has 0 fully saturated rings. The molecular weight excluding hydrogens is 737 g/mol. The number of Topliss-reactive ketones (excluding diaryl/α,β-unsaturated/α-hetero) is 1. The molecule has 3 aliphatic rings. The zero-order valence-corrected chi connectivity index (χ0v) is 37.0. The molecule has 0 spiro atoms. The van der Waals surface area contributed by atoms with E-state index in [2.05, 4.69) is 65.8 Å². The van der Waals surface area contributed by atoms with Crippen LogP contribution >= 0.6 is 0 Å². The Bertz CT molecular complexity index is 2270. The van der Waals surface area contributed by atoms with Crippen LogP contribution in [0.2, 0.25) is 0 Å². The second-order valence-corrected chi connectivity index (χ2v) is 17.4. The molecule has 7 nitrogen and oxygen atoms in total. The van der Waals surface area contributed by atoms with Crippen LogP contribution in [-0.2, 0) is 19.1 Å². The van der Waals surface area contributed by atoms with E-state index in [1.165, 1.54) is 85.5 Å². The van der Waals surface area contributed by atoms with Crippen LogP contribution < -0.4 is 5.63 Å². The molecular formula is C52H62O7. The number of allylic oxidation sites excluding steroid dienone is 19. The third-order valence-corrected chi connectivity index (χ3v) is 11.1. The summed E-state index contributed by atoms with van der Waals surface area (Å²) in [5, 5.41) is 0. The fraction of sp³-hybridized carbons (Fsp3) is 0.385. The molecule has 0 saturated heterocycles. The first-order chi connectivity index (χ1) is 27.7. The van der Waals surface area contributed by atoms with E-state index in [1.54, 1.807) is 13.8 Å². The average molecular weight is 799 g/mol. The van der Waals surface area contributed by atoms with E-state index in [0.29, 0.717) is 22.3 Å². The highest BCUT2D eigenvalue weighted by molar-refractivity contribution is 5.95. The Morgan fingerprint density at radius 2 is 1.22 bits per heavy atom. The third-order valence-electron chi connectivity index (χ3n) is 11.1. The van der Waals surface area contributed by atoms with Crippen LogP contribution in [0.25, 0.3) is 11.6 Å². The summed E-state index contributed by atoms with van der Waals surface area (Å²) < 4.78 is 16.6. The van der Waals surface area contributed by atoms with E-state index >= 15 is 0 Å². The van der Waals surface area contributed by atoms with Gasteiger partial charge in [0.25, 0.3) is 0 Å². The fourth-order valence-electron chi connectivity index (χ4n) is 7.79. The first-order valence-electron chi connectivity index (χ1n) is 20.6. The monoisotopic (exact) mass is 798 g/mol. The molecule has 0 unspecified atom stereocenters. The first-order valence-corrected chi connectivity index (χ1v) is 20.6. The number of ether oxygens (including phenoxy) is 2. The van der Waals surface area contributed by atoms with Crippen LogP contribution in [0.1, 0.15) is 143 Å². The molecule has 0 atom stereocenters. The second-order valence-electron chi connectivity index (χ2n) is 17.4. The van der Waals surface area contributed by atoms with Crippen LogP contribution in [0.5, 0.6) is 0 Å². The lowest BCUT2D eigenvalue weighted by Crippen LogP contribution is -2.19. The minimum Gasteiger partial charge on any atom is -0.431 e. The average Bonchev–Trinajstić information content (AvgIpc) is 3.12. The van der Waals surface area contributed by atoms with Gasteiger partial charge in [0.2, 0.25) is 0 Å². The SMILES string of the molecule is CC(=O)c1cc2c(oc1=O)C=C(OC(=O)C=C(C)C=CC=C(C)C=CC1=C(C)CCCC1(C)C)CC2=COC(=O)C=C(C)C=CC=C(C)C=CC1=C(C)CCCC1(C)C. The highest BCUT2D eigenvalue weighted by Gasteiger charge is 2.28. The molecule has 0 radical (unpaired) electrons. The Kier molecular flexibility index (Phi) is 16.0. The van der Waals surface area contributed by atoms with Crippen molar-refractivity contribution in [1.82, 2.24) is 0 Å². The van der Waals surface area contributed by atoms with E-state index < -0.39 is 23.3 Å². The van der Waals surface area contributed by atoms with Gasteiger partial charge in [-0.25, -0.2) is 14.4 Å². The lowest BCUT2D eigenvalue weighted by molar-refractivity contribution is -0.134. The van der Waals surface area contributed by atoms with E-state index in [0.717, 1.165) is 24.0 Å². The number of rotatable bonds is 13. The van der Waals surface area contributed by atoms with Crippen molar-refractivity contribution in [2.45, 2.75) is 121 Å². The lowest BCUT2D eigenvalue weighted by atomic mass is 9.72. The number of esters is 2. The molecule has 4 rings (SSSR count). The van der Waals surface area contributed by atoms with Crippen LogP contribution in [0.3, 0.4) is 0 Å². The van der Waals surface area contributed by atoms with Crippen molar-refractivity contribution in [2.75, 3.05) is 0 Å². The summed E-state index contributed by atoms with van der Waals surface area (Å²) >= 11 is 0. The lowest BCUT2D eigenvalue weighted by Gasteiger charge is -2.33. The predicted octanol–water partition coefficient (Wildman–Crippen LogP) is 13.1. The molecule has 0 aliphatic heterocycles. The topological polar surface area (TPSA) is 99.9 Å². The minimum absolute atomic E-state index is 0.0363. The van der Waals surface area contributed by atoms with E-state index in [-0.39, 0.29) is 34.3 Å². The maximum absolute atomic E-state index is 13.0. The number of fused-ring (bicyclic) bond motifs is 1. The predicted molar refractivity (Wildman–Crippen MR) is 240 cm³/mol. The van der Waals surface area contributed by atoms with Crippen molar-refractivity contribution in [2.24, 2.45) is 10.8 Å². The molecule has 0 N–H and O–H groups in total. The van der Waals surface area contributed by atoms with Crippen molar-refractivity contribution < 1.29 is 28.3 Å². The molecule has 1 aromatic rings. The summed E-state index contributed by atoms with van der Waals surface area (Å²) in [4.78, 5) is 50.7. The van der Waals surface area contributed by atoms with Crippen LogP contribution in [0, 0.1) is 10.8 Å². The van der Waals surface area contributed by atoms with Gasteiger partial charge in [0.05, 0.1) is 6.26 Å². The highest BCUT2D eigenvalue weighted by Crippen LogP contribution is 2.42. The molecule has 3 aliphatic carbocycles. The number of carbonyl (C=O) groups excluding carboxylic acids is 3. The van der Waals surface area contributed by atoms with Gasteiger partial charge in [-0.15, -0.1) is 0 Å². The molecule has 7 heteroatoms. The molecule has 59 heavy (non-hydrogen) atoms. The van der Waals surface area contributed by atoms with Crippen molar-refractivity contribution in [3.05, 3.63) is 163 Å². The summed E-state index contributed by atoms with van der Waals surface area (Å²) in [6.45, 7) is 22.6. The quantitative estimate of drug-likeness (QED) is 0.0644. The van der Waals surface area contributed by atoms with Gasteiger partial charge in [-0.05, 0) is 126 Å². The summed E-state index contributed by atoms with van der Waals surface area (Å²) in [6.07, 6.45) is 32.6. The number of ketones is 1. The summed E-state index contributed by atoms with van der Waals surface area (Å²) in [5.41, 5.74) is 9.35. The molecule has 312 valence electrons. The number of carbonyl (C=O) groups is 3. The molecule has 0 saturated carbocycles. The van der Waals surface area contributed by atoms with Crippen LogP contribution in [0.4, 0.5) is 0 Å². The van der Waals surface area contributed by atoms with Crippen molar-refractivity contribution in [1.29, 1.82) is 0 Å². The second kappa shape index (κ2) is 20.4. The number of hydrogen-bond donors (Lipinski definition) is 0. The maximum Gasteiger partial charge on any atom is 0.347 e. The van der Waals surface area contributed by atoms with Gasteiger partial charge >= 0.3 is 17.6 Å². The Hall–Kier alpha value is -5.56. The van der Waals surface area contributed by atoms with Gasteiger partial charge in [-0.1, -0.05) is 111 Å². The Morgan fingerprint density at radius 3 is 1.71 bits per heavy atom. The summed E-state index contributed by atoms with van der Waals surface area (Å²) in [6, 6.07) is 1.41. The molecule has 1 heterocycles. The van der Waals surface area contributed by atoms with Gasteiger partial charge < -0.3 is 13.9 Å². The largest absolute Gasteiger partial charge is 0.431 e. The Balaban J connectivity index is 1.44. The van der Waals surface area contributed by atoms with Gasteiger partial charge in [-0.3, -0.25) is 4.79 Å². The standard InChI is InChI=1S/C52H62O7/c1-34(22-24-45-38(5)20-14-26-51(45,8)9)16-12-18-36(3)28-48(54)57-33-41-30-42(31-47-44(41)32-43(40(7)53)50(56)59-47)58-49(55)29-37(4)19-13-17-35(2)23-25-46-39(6)21-15-27-52(46,10)11/h12-13,16-19,22-25,28-29,31-33H,14-15,20-21,26-27,30H2,1-11H3. The normalized spacial score (nSPS) is 20.0. The Labute approximate surface area is 351 Å². The van der Waals surface area contributed by atoms with E-state index in [1.807, 2.05) is 50.3 Å². The van der Waals surface area contributed by atoms with Crippen molar-refractivity contribution >= 4 is 29.4 Å². The zero-order chi connectivity index (χ0) is 43.5. The first kappa shape index (κ1) is 46.1. The third kappa shape index (κ3) is 13.5. The van der Waals surface area contributed by atoms with Crippen LogP contribution in [-0.4, -0.2) is 17.7 Å². The molecule has 0 bridgehead atoms. The van der Waals surface area contributed by atoms with Gasteiger partial charge in [0.15, 0.2) is 5.78 Å². The fourth-order valence-corrected chi connectivity index (χ4v) is 7.79. The van der Waals surface area contributed by atoms with Crippen molar-refractivity contribution in [3.8, 4) is 0 Å². The summed E-state index contributed by atoms with van der Waals surface area (Å²) in [7, 11) is 0. The van der Waals surface area contributed by atoms with E-state index in [9.17, 15) is 19.2 Å². The molecule has 0 amide bonds.